The van der Waals surface area contributed by atoms with Crippen LogP contribution in [0, 0.1) is 0 Å². The number of nitrogens with zero attached hydrogens (tertiary/aromatic N) is 3. The van der Waals surface area contributed by atoms with Gasteiger partial charge in [-0.25, -0.2) is 4.98 Å². The maximum absolute atomic E-state index is 12.7. The predicted octanol–water partition coefficient (Wildman–Crippen LogP) is 4.13. The fourth-order valence-corrected chi connectivity index (χ4v) is 3.46. The Morgan fingerprint density at radius 2 is 1.96 bits per heavy atom. The molecule has 2 aromatic heterocycles. The van der Waals surface area contributed by atoms with Crippen LogP contribution in [0.5, 0.6) is 0 Å². The van der Waals surface area contributed by atoms with Gasteiger partial charge < -0.3 is 4.90 Å². The van der Waals surface area contributed by atoms with E-state index in [9.17, 15) is 4.79 Å². The second-order valence-electron chi connectivity index (χ2n) is 6.42. The van der Waals surface area contributed by atoms with E-state index >= 15 is 0 Å². The van der Waals surface area contributed by atoms with Gasteiger partial charge >= 0.3 is 0 Å². The lowest BCUT2D eigenvalue weighted by Crippen LogP contribution is -2.32. The molecule has 6 heteroatoms. The summed E-state index contributed by atoms with van der Waals surface area (Å²) in [5, 5.41) is 1.18. The van der Waals surface area contributed by atoms with Crippen LogP contribution in [-0.4, -0.2) is 28.0 Å². The summed E-state index contributed by atoms with van der Waals surface area (Å²) in [5.74, 6) is 0.616. The quantitative estimate of drug-likeness (QED) is 0.757. The van der Waals surface area contributed by atoms with Crippen molar-refractivity contribution in [3.63, 3.8) is 0 Å². The summed E-state index contributed by atoms with van der Waals surface area (Å²) in [6, 6.07) is 9.38. The summed E-state index contributed by atoms with van der Waals surface area (Å²) in [4.78, 5) is 26.7. The molecule has 26 heavy (non-hydrogen) atoms. The number of piperidine rings is 1. The number of halogens is 1. The Morgan fingerprint density at radius 3 is 2.77 bits per heavy atom. The first kappa shape index (κ1) is 16.8. The number of aromatic nitrogens is 3. The number of pyridine rings is 1. The minimum absolute atomic E-state index is 0.158. The minimum Gasteiger partial charge on any atom is -0.342 e. The summed E-state index contributed by atoms with van der Waals surface area (Å²) in [6.45, 7) is 1.84. The number of hydrogen-bond acceptors (Lipinski definition) is 4. The second kappa shape index (κ2) is 7.30. The van der Waals surface area contributed by atoms with E-state index in [0.29, 0.717) is 22.0 Å². The topological polar surface area (TPSA) is 61.9 Å². The first-order valence-electron chi connectivity index (χ1n) is 8.78. The van der Waals surface area contributed by atoms with Crippen LogP contribution in [0.1, 0.15) is 30.4 Å². The highest BCUT2D eigenvalue weighted by molar-refractivity contribution is 6.30. The standard InChI is InChI=1S/C20H19ClN4O/c21-16-6-4-5-14(13-16)7-8-15-9-10-22-18-17(15)19(26)24-20(23-18)25-11-2-1-3-12-25/h4-10,13H,1-3,11-12H2,(H,22,23,24,26)/b8-7+. The van der Waals surface area contributed by atoms with E-state index in [2.05, 4.69) is 19.9 Å². The zero-order chi connectivity index (χ0) is 17.9. The Bertz CT molecular complexity index is 1020. The molecule has 3 aromatic rings. The molecule has 0 spiro atoms. The first-order valence-corrected chi connectivity index (χ1v) is 9.16. The summed E-state index contributed by atoms with van der Waals surface area (Å²) >= 11 is 6.02. The fraction of sp³-hybridized carbons (Fsp3) is 0.250. The Kier molecular flexibility index (Phi) is 4.71. The van der Waals surface area contributed by atoms with Crippen LogP contribution in [0.25, 0.3) is 23.2 Å². The fourth-order valence-electron chi connectivity index (χ4n) is 3.27. The van der Waals surface area contributed by atoms with Crippen molar-refractivity contribution < 1.29 is 0 Å². The summed E-state index contributed by atoms with van der Waals surface area (Å²) < 4.78 is 0. The molecular formula is C20H19ClN4O. The molecule has 1 aliphatic heterocycles. The molecule has 5 nitrogen and oxygen atoms in total. The molecule has 0 amide bonds. The van der Waals surface area contributed by atoms with Crippen molar-refractivity contribution in [1.82, 2.24) is 15.0 Å². The molecule has 0 aliphatic carbocycles. The molecule has 1 aromatic carbocycles. The van der Waals surface area contributed by atoms with E-state index in [4.69, 9.17) is 11.6 Å². The van der Waals surface area contributed by atoms with Crippen molar-refractivity contribution in [3.05, 3.63) is 63.0 Å². The Hall–Kier alpha value is -2.66. The van der Waals surface area contributed by atoms with Gasteiger partial charge in [-0.15, -0.1) is 0 Å². The average Bonchev–Trinajstić information content (AvgIpc) is 2.67. The van der Waals surface area contributed by atoms with Gasteiger partial charge in [0.15, 0.2) is 5.65 Å². The molecule has 1 aliphatic rings. The third kappa shape index (κ3) is 3.48. The molecular weight excluding hydrogens is 348 g/mol. The lowest BCUT2D eigenvalue weighted by Gasteiger charge is -2.26. The highest BCUT2D eigenvalue weighted by atomic mass is 35.5. The van der Waals surface area contributed by atoms with Crippen LogP contribution < -0.4 is 10.5 Å². The maximum Gasteiger partial charge on any atom is 0.262 e. The number of hydrogen-bond donors (Lipinski definition) is 1. The predicted molar refractivity (Wildman–Crippen MR) is 107 cm³/mol. The number of rotatable bonds is 3. The molecule has 1 N–H and O–H groups in total. The van der Waals surface area contributed by atoms with E-state index in [-0.39, 0.29) is 5.56 Å². The SMILES string of the molecule is O=c1[nH]c(N2CCCCC2)nc2nccc(/C=C/c3cccc(Cl)c3)c12. The molecule has 0 atom stereocenters. The number of H-pyrrole nitrogens is 1. The van der Waals surface area contributed by atoms with Gasteiger partial charge in [-0.3, -0.25) is 9.78 Å². The van der Waals surface area contributed by atoms with Gasteiger partial charge in [-0.2, -0.15) is 4.98 Å². The normalized spacial score (nSPS) is 15.0. The Morgan fingerprint density at radius 1 is 1.12 bits per heavy atom. The summed E-state index contributed by atoms with van der Waals surface area (Å²) in [7, 11) is 0. The van der Waals surface area contributed by atoms with Crippen molar-refractivity contribution in [2.75, 3.05) is 18.0 Å². The summed E-state index contributed by atoms with van der Waals surface area (Å²) in [5.41, 5.74) is 2.07. The van der Waals surface area contributed by atoms with Crippen LogP contribution in [-0.2, 0) is 0 Å². The molecule has 1 saturated heterocycles. The third-order valence-electron chi connectivity index (χ3n) is 4.59. The molecule has 1 fully saturated rings. The highest BCUT2D eigenvalue weighted by Gasteiger charge is 2.15. The molecule has 0 unspecified atom stereocenters. The molecule has 132 valence electrons. The monoisotopic (exact) mass is 366 g/mol. The van der Waals surface area contributed by atoms with Crippen molar-refractivity contribution in [3.8, 4) is 0 Å². The van der Waals surface area contributed by atoms with E-state index in [0.717, 1.165) is 37.1 Å². The molecule has 0 saturated carbocycles. The van der Waals surface area contributed by atoms with Crippen molar-refractivity contribution in [2.24, 2.45) is 0 Å². The van der Waals surface area contributed by atoms with E-state index < -0.39 is 0 Å². The number of fused-ring (bicyclic) bond motifs is 1. The summed E-state index contributed by atoms with van der Waals surface area (Å²) in [6.07, 6.45) is 8.98. The van der Waals surface area contributed by atoms with Crippen molar-refractivity contribution >= 4 is 40.7 Å². The molecule has 0 bridgehead atoms. The van der Waals surface area contributed by atoms with Gasteiger partial charge in [0.1, 0.15) is 0 Å². The Balaban J connectivity index is 1.73. The minimum atomic E-state index is -0.158. The van der Waals surface area contributed by atoms with Gasteiger partial charge in [0.2, 0.25) is 5.95 Å². The lowest BCUT2D eigenvalue weighted by molar-refractivity contribution is 0.568. The molecule has 4 rings (SSSR count). The van der Waals surface area contributed by atoms with Crippen LogP contribution in [0.15, 0.2) is 41.3 Å². The maximum atomic E-state index is 12.7. The number of aromatic amines is 1. The first-order chi connectivity index (χ1) is 12.7. The Labute approximate surface area is 156 Å². The van der Waals surface area contributed by atoms with Gasteiger partial charge in [-0.05, 0) is 48.6 Å². The average molecular weight is 367 g/mol. The number of benzene rings is 1. The van der Waals surface area contributed by atoms with Gasteiger partial charge in [0.25, 0.3) is 5.56 Å². The zero-order valence-corrected chi connectivity index (χ0v) is 15.0. The van der Waals surface area contributed by atoms with Gasteiger partial charge in [0, 0.05) is 24.3 Å². The smallest absolute Gasteiger partial charge is 0.262 e. The van der Waals surface area contributed by atoms with Gasteiger partial charge in [-0.1, -0.05) is 35.9 Å². The third-order valence-corrected chi connectivity index (χ3v) is 4.82. The van der Waals surface area contributed by atoms with Gasteiger partial charge in [0.05, 0.1) is 5.39 Å². The van der Waals surface area contributed by atoms with Crippen LogP contribution in [0.2, 0.25) is 5.02 Å². The van der Waals surface area contributed by atoms with Crippen LogP contribution in [0.4, 0.5) is 5.95 Å². The molecule has 0 radical (unpaired) electrons. The van der Waals surface area contributed by atoms with Crippen molar-refractivity contribution in [1.29, 1.82) is 0 Å². The lowest BCUT2D eigenvalue weighted by atomic mass is 10.1. The van der Waals surface area contributed by atoms with E-state index in [1.165, 1.54) is 6.42 Å². The highest BCUT2D eigenvalue weighted by Crippen LogP contribution is 2.19. The second-order valence-corrected chi connectivity index (χ2v) is 6.86. The largest absolute Gasteiger partial charge is 0.342 e. The van der Waals surface area contributed by atoms with Crippen molar-refractivity contribution in [2.45, 2.75) is 19.3 Å². The zero-order valence-electron chi connectivity index (χ0n) is 14.3. The van der Waals surface area contributed by atoms with E-state index in [1.807, 2.05) is 42.5 Å². The van der Waals surface area contributed by atoms with E-state index in [1.54, 1.807) is 6.20 Å². The number of anilines is 1. The molecule has 3 heterocycles. The number of nitrogens with one attached hydrogen (secondary N) is 1. The van der Waals surface area contributed by atoms with Crippen LogP contribution in [0.3, 0.4) is 0 Å². The van der Waals surface area contributed by atoms with Crippen LogP contribution >= 0.6 is 11.6 Å².